The SMILES string of the molecule is CC1CCN(CC2CCN(C(=O)Nc3cccc(C(F)(F)F)c3)CC2)CC1. The summed E-state index contributed by atoms with van der Waals surface area (Å²) in [7, 11) is 0. The van der Waals surface area contributed by atoms with E-state index in [1.54, 1.807) is 4.90 Å². The molecule has 1 aromatic carbocycles. The van der Waals surface area contributed by atoms with Crippen LogP contribution in [0.1, 0.15) is 38.2 Å². The minimum absolute atomic E-state index is 0.180. The minimum Gasteiger partial charge on any atom is -0.325 e. The first-order valence-corrected chi connectivity index (χ1v) is 9.77. The Kier molecular flexibility index (Phi) is 6.29. The zero-order chi connectivity index (χ0) is 19.4. The normalized spacial score (nSPS) is 20.7. The number of amides is 2. The van der Waals surface area contributed by atoms with Crippen molar-refractivity contribution in [2.45, 2.75) is 38.8 Å². The highest BCUT2D eigenvalue weighted by Crippen LogP contribution is 2.31. The van der Waals surface area contributed by atoms with E-state index in [1.165, 1.54) is 25.0 Å². The number of carbonyl (C=O) groups excluding carboxylic acids is 1. The Bertz CT molecular complexity index is 634. The molecule has 2 fully saturated rings. The van der Waals surface area contributed by atoms with Crippen molar-refractivity contribution in [2.75, 3.05) is 38.0 Å². The van der Waals surface area contributed by atoms with E-state index in [1.807, 2.05) is 0 Å². The van der Waals surface area contributed by atoms with Gasteiger partial charge in [0, 0.05) is 25.3 Å². The number of hydrogen-bond donors (Lipinski definition) is 1. The van der Waals surface area contributed by atoms with Gasteiger partial charge in [0.1, 0.15) is 0 Å². The van der Waals surface area contributed by atoms with Gasteiger partial charge in [-0.05, 0) is 68.8 Å². The van der Waals surface area contributed by atoms with Crippen molar-refractivity contribution in [3.05, 3.63) is 29.8 Å². The van der Waals surface area contributed by atoms with E-state index in [2.05, 4.69) is 17.1 Å². The molecule has 0 atom stereocenters. The van der Waals surface area contributed by atoms with Gasteiger partial charge in [-0.15, -0.1) is 0 Å². The molecule has 2 aliphatic rings. The summed E-state index contributed by atoms with van der Waals surface area (Å²) < 4.78 is 38.4. The molecule has 150 valence electrons. The van der Waals surface area contributed by atoms with Crippen LogP contribution in [-0.2, 0) is 6.18 Å². The molecule has 1 N–H and O–H groups in total. The Balaban J connectivity index is 1.46. The van der Waals surface area contributed by atoms with Gasteiger partial charge >= 0.3 is 12.2 Å². The van der Waals surface area contributed by atoms with E-state index in [4.69, 9.17) is 0 Å². The minimum atomic E-state index is -4.41. The Labute approximate surface area is 158 Å². The number of carbonyl (C=O) groups is 1. The van der Waals surface area contributed by atoms with Crippen molar-refractivity contribution in [1.82, 2.24) is 9.80 Å². The molecule has 4 nitrogen and oxygen atoms in total. The standard InChI is InChI=1S/C20H28F3N3O/c1-15-5-9-25(10-6-15)14-16-7-11-26(12-8-16)19(27)24-18-4-2-3-17(13-18)20(21,22)23/h2-4,13,15-16H,5-12,14H2,1H3,(H,24,27). The molecule has 2 saturated heterocycles. The Morgan fingerprint density at radius 1 is 1.11 bits per heavy atom. The highest BCUT2D eigenvalue weighted by Gasteiger charge is 2.31. The van der Waals surface area contributed by atoms with Gasteiger partial charge in [0.15, 0.2) is 0 Å². The molecule has 3 rings (SSSR count). The summed E-state index contributed by atoms with van der Waals surface area (Å²) >= 11 is 0. The fourth-order valence-electron chi connectivity index (χ4n) is 3.90. The summed E-state index contributed by atoms with van der Waals surface area (Å²) in [5, 5.41) is 2.60. The van der Waals surface area contributed by atoms with E-state index < -0.39 is 11.7 Å². The van der Waals surface area contributed by atoms with Crippen molar-refractivity contribution in [3.63, 3.8) is 0 Å². The number of anilines is 1. The topological polar surface area (TPSA) is 35.6 Å². The number of nitrogens with zero attached hydrogens (tertiary/aromatic N) is 2. The largest absolute Gasteiger partial charge is 0.416 e. The van der Waals surface area contributed by atoms with Gasteiger partial charge in [0.05, 0.1) is 5.56 Å². The average Bonchev–Trinajstić information content (AvgIpc) is 2.64. The Hall–Kier alpha value is -1.76. The van der Waals surface area contributed by atoms with Crippen LogP contribution in [0, 0.1) is 11.8 Å². The lowest BCUT2D eigenvalue weighted by Gasteiger charge is -2.37. The van der Waals surface area contributed by atoms with Crippen molar-refractivity contribution in [2.24, 2.45) is 11.8 Å². The van der Waals surface area contributed by atoms with Gasteiger partial charge in [-0.1, -0.05) is 13.0 Å². The summed E-state index contributed by atoms with van der Waals surface area (Å²) in [5.41, 5.74) is -0.575. The van der Waals surface area contributed by atoms with E-state index in [-0.39, 0.29) is 11.7 Å². The van der Waals surface area contributed by atoms with Crippen molar-refractivity contribution < 1.29 is 18.0 Å². The number of nitrogens with one attached hydrogen (secondary N) is 1. The van der Waals surface area contributed by atoms with E-state index in [9.17, 15) is 18.0 Å². The molecule has 0 unspecified atom stereocenters. The van der Waals surface area contributed by atoms with Crippen LogP contribution in [0.25, 0.3) is 0 Å². The molecule has 27 heavy (non-hydrogen) atoms. The average molecular weight is 383 g/mol. The molecule has 7 heteroatoms. The number of likely N-dealkylation sites (tertiary alicyclic amines) is 2. The number of alkyl halides is 3. The summed E-state index contributed by atoms with van der Waals surface area (Å²) in [6, 6.07) is 4.45. The fourth-order valence-corrected chi connectivity index (χ4v) is 3.90. The van der Waals surface area contributed by atoms with Crippen LogP contribution in [0.4, 0.5) is 23.7 Å². The molecule has 1 aromatic rings. The summed E-state index contributed by atoms with van der Waals surface area (Å²) in [5.74, 6) is 1.42. The van der Waals surface area contributed by atoms with Gasteiger partial charge in [-0.3, -0.25) is 0 Å². The summed E-state index contributed by atoms with van der Waals surface area (Å²) in [4.78, 5) is 16.6. The molecule has 0 aromatic heterocycles. The molecule has 0 radical (unpaired) electrons. The molecule has 0 spiro atoms. The maximum Gasteiger partial charge on any atom is 0.416 e. The lowest BCUT2D eigenvalue weighted by Crippen LogP contribution is -2.44. The lowest BCUT2D eigenvalue weighted by molar-refractivity contribution is -0.137. The first-order valence-electron chi connectivity index (χ1n) is 9.77. The maximum atomic E-state index is 12.8. The second kappa shape index (κ2) is 8.50. The zero-order valence-corrected chi connectivity index (χ0v) is 15.8. The third kappa shape index (κ3) is 5.61. The number of urea groups is 1. The van der Waals surface area contributed by atoms with Crippen molar-refractivity contribution in [1.29, 1.82) is 0 Å². The van der Waals surface area contributed by atoms with Gasteiger partial charge in [-0.2, -0.15) is 13.2 Å². The highest BCUT2D eigenvalue weighted by molar-refractivity contribution is 5.89. The van der Waals surface area contributed by atoms with E-state index in [0.717, 1.165) is 50.5 Å². The summed E-state index contributed by atoms with van der Waals surface area (Å²) in [6.07, 6.45) is 0.00589. The van der Waals surface area contributed by atoms with E-state index in [0.29, 0.717) is 19.0 Å². The van der Waals surface area contributed by atoms with Crippen molar-refractivity contribution >= 4 is 11.7 Å². The third-order valence-corrected chi connectivity index (χ3v) is 5.74. The van der Waals surface area contributed by atoms with Crippen LogP contribution in [-0.4, -0.2) is 48.6 Å². The molecule has 0 saturated carbocycles. The van der Waals surface area contributed by atoms with Gasteiger partial charge in [0.2, 0.25) is 0 Å². The van der Waals surface area contributed by atoms with Gasteiger partial charge < -0.3 is 15.1 Å². The predicted octanol–water partition coefficient (Wildman–Crippen LogP) is 4.68. The Morgan fingerprint density at radius 3 is 2.41 bits per heavy atom. The van der Waals surface area contributed by atoms with Crippen molar-refractivity contribution in [3.8, 4) is 0 Å². The quantitative estimate of drug-likeness (QED) is 0.823. The fraction of sp³-hybridized carbons (Fsp3) is 0.650. The van der Waals surface area contributed by atoms with Gasteiger partial charge in [-0.25, -0.2) is 4.79 Å². The zero-order valence-electron chi connectivity index (χ0n) is 15.8. The molecular formula is C20H28F3N3O. The maximum absolute atomic E-state index is 12.8. The number of piperidine rings is 2. The highest BCUT2D eigenvalue weighted by atomic mass is 19.4. The molecule has 2 heterocycles. The Morgan fingerprint density at radius 2 is 1.78 bits per heavy atom. The van der Waals surface area contributed by atoms with Crippen LogP contribution in [0.15, 0.2) is 24.3 Å². The second-order valence-electron chi connectivity index (χ2n) is 7.92. The third-order valence-electron chi connectivity index (χ3n) is 5.74. The molecule has 0 aliphatic carbocycles. The van der Waals surface area contributed by atoms with E-state index >= 15 is 0 Å². The molecule has 2 aliphatic heterocycles. The molecular weight excluding hydrogens is 355 g/mol. The van der Waals surface area contributed by atoms with Crippen LogP contribution >= 0.6 is 0 Å². The first kappa shape index (κ1) is 20.0. The monoisotopic (exact) mass is 383 g/mol. The van der Waals surface area contributed by atoms with Crippen LogP contribution < -0.4 is 5.32 Å². The lowest BCUT2D eigenvalue weighted by atomic mass is 9.93. The summed E-state index contributed by atoms with van der Waals surface area (Å²) in [6.45, 7) is 7.03. The molecule has 2 amide bonds. The van der Waals surface area contributed by atoms with Crippen LogP contribution in [0.5, 0.6) is 0 Å². The van der Waals surface area contributed by atoms with Gasteiger partial charge in [0.25, 0.3) is 0 Å². The van der Waals surface area contributed by atoms with Crippen LogP contribution in [0.3, 0.4) is 0 Å². The number of hydrogen-bond acceptors (Lipinski definition) is 2. The number of halogens is 3. The van der Waals surface area contributed by atoms with Crippen LogP contribution in [0.2, 0.25) is 0 Å². The smallest absolute Gasteiger partial charge is 0.325 e. The molecule has 0 bridgehead atoms. The first-order chi connectivity index (χ1) is 12.8. The predicted molar refractivity (Wildman–Crippen MR) is 99.6 cm³/mol. The second-order valence-corrected chi connectivity index (χ2v) is 7.92. The number of benzene rings is 1. The number of rotatable bonds is 3.